The summed E-state index contributed by atoms with van der Waals surface area (Å²) in [5.41, 5.74) is 1.32. The minimum atomic E-state index is -1.02. The highest BCUT2D eigenvalue weighted by atomic mass is 16.6. The van der Waals surface area contributed by atoms with Gasteiger partial charge in [0.2, 0.25) is 0 Å². The summed E-state index contributed by atoms with van der Waals surface area (Å²) < 4.78 is 14.1. The molecule has 0 saturated heterocycles. The molecule has 7 heteroatoms. The number of carbonyl (C=O) groups excluding carboxylic acids is 4. The molecule has 0 heterocycles. The summed E-state index contributed by atoms with van der Waals surface area (Å²) >= 11 is 0. The summed E-state index contributed by atoms with van der Waals surface area (Å²) in [4.78, 5) is 47.2. The van der Waals surface area contributed by atoms with Crippen LogP contribution in [-0.4, -0.2) is 37.1 Å². The van der Waals surface area contributed by atoms with Gasteiger partial charge >= 0.3 is 23.9 Å². The van der Waals surface area contributed by atoms with Crippen LogP contribution in [0.5, 0.6) is 0 Å². The molecule has 0 aliphatic rings. The number of hydrogen-bond acceptors (Lipinski definition) is 7. The quantitative estimate of drug-likeness (QED) is 0.293. The maximum Gasteiger partial charge on any atom is 0.351 e. The standard InChI is InChI=1S/C22H20O7/c1-2-27-18(23)13-14-19(24)28-15-20(25)29-22(26)21(16-9-5-3-6-10-16)17-11-7-4-8-12-17/h3-14,21H,2,15H2,1H3/b14-13-. The van der Waals surface area contributed by atoms with Gasteiger partial charge in [0.25, 0.3) is 0 Å². The predicted octanol–water partition coefficient (Wildman–Crippen LogP) is 2.55. The van der Waals surface area contributed by atoms with Crippen LogP contribution in [-0.2, 0) is 33.4 Å². The van der Waals surface area contributed by atoms with Crippen LogP contribution in [0.15, 0.2) is 72.8 Å². The molecule has 0 aromatic heterocycles. The summed E-state index contributed by atoms with van der Waals surface area (Å²) in [5, 5.41) is 0. The van der Waals surface area contributed by atoms with Gasteiger partial charge in [0.1, 0.15) is 5.92 Å². The molecule has 150 valence electrons. The lowest BCUT2D eigenvalue weighted by atomic mass is 9.91. The second-order valence-corrected chi connectivity index (χ2v) is 5.74. The zero-order valence-electron chi connectivity index (χ0n) is 15.8. The molecule has 29 heavy (non-hydrogen) atoms. The van der Waals surface area contributed by atoms with Crippen molar-refractivity contribution >= 4 is 23.9 Å². The van der Waals surface area contributed by atoms with E-state index in [9.17, 15) is 19.2 Å². The van der Waals surface area contributed by atoms with E-state index < -0.39 is 36.4 Å². The molecule has 0 spiro atoms. The van der Waals surface area contributed by atoms with Crippen LogP contribution in [0.4, 0.5) is 0 Å². The zero-order chi connectivity index (χ0) is 21.1. The van der Waals surface area contributed by atoms with E-state index in [1.807, 2.05) is 12.1 Å². The van der Waals surface area contributed by atoms with Crippen LogP contribution in [0.25, 0.3) is 0 Å². The minimum Gasteiger partial charge on any atom is -0.463 e. The van der Waals surface area contributed by atoms with E-state index in [-0.39, 0.29) is 6.61 Å². The monoisotopic (exact) mass is 396 g/mol. The fraction of sp³-hybridized carbons (Fsp3) is 0.182. The van der Waals surface area contributed by atoms with Crippen LogP contribution in [0.2, 0.25) is 0 Å². The van der Waals surface area contributed by atoms with Crippen LogP contribution in [0.3, 0.4) is 0 Å². The Bertz CT molecular complexity index is 833. The van der Waals surface area contributed by atoms with E-state index in [1.165, 1.54) is 0 Å². The maximum absolute atomic E-state index is 12.6. The first-order valence-corrected chi connectivity index (χ1v) is 8.87. The molecule has 0 N–H and O–H groups in total. The Labute approximate surface area is 167 Å². The molecule has 0 aliphatic heterocycles. The average Bonchev–Trinajstić information content (AvgIpc) is 2.73. The van der Waals surface area contributed by atoms with E-state index in [0.717, 1.165) is 12.2 Å². The van der Waals surface area contributed by atoms with E-state index in [4.69, 9.17) is 4.74 Å². The van der Waals surface area contributed by atoms with Crippen molar-refractivity contribution in [1.82, 2.24) is 0 Å². The first-order valence-electron chi connectivity index (χ1n) is 8.87. The molecule has 0 unspecified atom stereocenters. The third kappa shape index (κ3) is 7.06. The number of carbonyl (C=O) groups is 4. The molecule has 7 nitrogen and oxygen atoms in total. The fourth-order valence-electron chi connectivity index (χ4n) is 2.46. The molecular formula is C22H20O7. The Balaban J connectivity index is 1.98. The van der Waals surface area contributed by atoms with Gasteiger partial charge in [0.05, 0.1) is 6.61 Å². The van der Waals surface area contributed by atoms with E-state index in [1.54, 1.807) is 55.5 Å². The summed E-state index contributed by atoms with van der Waals surface area (Å²) in [5.74, 6) is -4.27. The molecular weight excluding hydrogens is 376 g/mol. The zero-order valence-corrected chi connectivity index (χ0v) is 15.8. The molecule has 2 rings (SSSR count). The van der Waals surface area contributed by atoms with Crippen molar-refractivity contribution in [2.45, 2.75) is 12.8 Å². The van der Waals surface area contributed by atoms with Gasteiger partial charge in [-0.3, -0.25) is 4.79 Å². The van der Waals surface area contributed by atoms with Gasteiger partial charge in [-0.2, -0.15) is 0 Å². The first-order chi connectivity index (χ1) is 14.0. The third-order valence-corrected chi connectivity index (χ3v) is 3.69. The Morgan fingerprint density at radius 1 is 0.793 bits per heavy atom. The van der Waals surface area contributed by atoms with Gasteiger partial charge < -0.3 is 14.2 Å². The maximum atomic E-state index is 12.6. The Hall–Kier alpha value is -3.74. The normalized spacial score (nSPS) is 10.6. The number of ether oxygens (including phenoxy) is 3. The topological polar surface area (TPSA) is 96.0 Å². The Morgan fingerprint density at radius 3 is 1.76 bits per heavy atom. The lowest BCUT2D eigenvalue weighted by Crippen LogP contribution is -2.24. The Kier molecular flexibility index (Phi) is 8.31. The smallest absolute Gasteiger partial charge is 0.351 e. The number of hydrogen-bond donors (Lipinski definition) is 0. The number of esters is 4. The Morgan fingerprint density at radius 2 is 1.28 bits per heavy atom. The molecule has 0 radical (unpaired) electrons. The van der Waals surface area contributed by atoms with Gasteiger partial charge in [0, 0.05) is 12.2 Å². The van der Waals surface area contributed by atoms with Crippen LogP contribution in [0.1, 0.15) is 24.0 Å². The predicted molar refractivity (Wildman–Crippen MR) is 103 cm³/mol. The minimum absolute atomic E-state index is 0.163. The lowest BCUT2D eigenvalue weighted by Gasteiger charge is -2.16. The van der Waals surface area contributed by atoms with Gasteiger partial charge in [-0.25, -0.2) is 14.4 Å². The van der Waals surface area contributed by atoms with Crippen molar-refractivity contribution < 1.29 is 33.4 Å². The summed E-state index contributed by atoms with van der Waals surface area (Å²) in [7, 11) is 0. The SMILES string of the molecule is CCOC(=O)/C=C\C(=O)OCC(=O)OC(=O)C(c1ccccc1)c1ccccc1. The largest absolute Gasteiger partial charge is 0.463 e. The molecule has 0 saturated carbocycles. The molecule has 0 atom stereocenters. The van der Waals surface area contributed by atoms with Crippen LogP contribution >= 0.6 is 0 Å². The second-order valence-electron chi connectivity index (χ2n) is 5.74. The van der Waals surface area contributed by atoms with Gasteiger partial charge in [-0.1, -0.05) is 60.7 Å². The van der Waals surface area contributed by atoms with E-state index in [2.05, 4.69) is 9.47 Å². The van der Waals surface area contributed by atoms with Crippen LogP contribution in [0, 0.1) is 0 Å². The summed E-state index contributed by atoms with van der Waals surface area (Å²) in [6.07, 6.45) is 1.70. The van der Waals surface area contributed by atoms with E-state index >= 15 is 0 Å². The van der Waals surface area contributed by atoms with Gasteiger partial charge in [-0.05, 0) is 18.1 Å². The van der Waals surface area contributed by atoms with Crippen molar-refractivity contribution in [3.05, 3.63) is 83.9 Å². The lowest BCUT2D eigenvalue weighted by molar-refractivity contribution is -0.166. The highest BCUT2D eigenvalue weighted by Crippen LogP contribution is 2.25. The van der Waals surface area contributed by atoms with Gasteiger partial charge in [0.15, 0.2) is 6.61 Å². The fourth-order valence-corrected chi connectivity index (χ4v) is 2.46. The average molecular weight is 396 g/mol. The highest BCUT2D eigenvalue weighted by molar-refractivity contribution is 5.94. The summed E-state index contributed by atoms with van der Waals surface area (Å²) in [6.45, 7) is 1.01. The highest BCUT2D eigenvalue weighted by Gasteiger charge is 2.26. The number of benzene rings is 2. The van der Waals surface area contributed by atoms with Crippen molar-refractivity contribution in [3.8, 4) is 0 Å². The molecule has 0 fully saturated rings. The van der Waals surface area contributed by atoms with Crippen molar-refractivity contribution in [2.75, 3.05) is 13.2 Å². The molecule has 0 aliphatic carbocycles. The van der Waals surface area contributed by atoms with Crippen LogP contribution < -0.4 is 0 Å². The third-order valence-electron chi connectivity index (χ3n) is 3.69. The molecule has 2 aromatic rings. The van der Waals surface area contributed by atoms with E-state index in [0.29, 0.717) is 11.1 Å². The van der Waals surface area contributed by atoms with Crippen molar-refractivity contribution in [2.24, 2.45) is 0 Å². The molecule has 0 amide bonds. The van der Waals surface area contributed by atoms with Crippen molar-refractivity contribution in [1.29, 1.82) is 0 Å². The summed E-state index contributed by atoms with van der Waals surface area (Å²) in [6, 6.07) is 17.7. The van der Waals surface area contributed by atoms with Crippen molar-refractivity contribution in [3.63, 3.8) is 0 Å². The molecule has 0 bridgehead atoms. The van der Waals surface area contributed by atoms with Gasteiger partial charge in [-0.15, -0.1) is 0 Å². The molecule has 2 aromatic carbocycles. The first kappa shape index (κ1) is 21.6. The number of rotatable bonds is 8. The second kappa shape index (κ2) is 11.2.